The summed E-state index contributed by atoms with van der Waals surface area (Å²) in [6.45, 7) is 8.75. The second-order valence-corrected chi connectivity index (χ2v) is 9.13. The van der Waals surface area contributed by atoms with Crippen molar-refractivity contribution in [2.24, 2.45) is 5.92 Å². The molecule has 0 aliphatic carbocycles. The number of nitrogens with zero attached hydrogens (tertiary/aromatic N) is 1. The predicted molar refractivity (Wildman–Crippen MR) is 135 cm³/mol. The predicted octanol–water partition coefficient (Wildman–Crippen LogP) is 6.16. The lowest BCUT2D eigenvalue weighted by atomic mass is 10.0. The van der Waals surface area contributed by atoms with Crippen molar-refractivity contribution in [1.29, 1.82) is 0 Å². The maximum Gasteiger partial charge on any atom is 0.229 e. The van der Waals surface area contributed by atoms with Gasteiger partial charge in [-0.1, -0.05) is 44.2 Å². The number of para-hydroxylation sites is 1. The number of hydrogen-bond acceptors (Lipinski definition) is 3. The lowest BCUT2D eigenvalue weighted by Crippen LogP contribution is -2.28. The van der Waals surface area contributed by atoms with Gasteiger partial charge in [-0.25, -0.2) is 0 Å². The maximum absolute atomic E-state index is 12.9. The summed E-state index contributed by atoms with van der Waals surface area (Å²) in [6, 6.07) is 22.0. The van der Waals surface area contributed by atoms with Crippen molar-refractivity contribution in [1.82, 2.24) is 0 Å². The molecule has 2 N–H and O–H groups in total. The van der Waals surface area contributed by atoms with Crippen LogP contribution in [-0.4, -0.2) is 18.4 Å². The molecule has 1 fully saturated rings. The van der Waals surface area contributed by atoms with E-state index < -0.39 is 0 Å². The van der Waals surface area contributed by atoms with E-state index in [1.807, 2.05) is 68.4 Å². The summed E-state index contributed by atoms with van der Waals surface area (Å²) in [5, 5.41) is 6.44. The third-order valence-corrected chi connectivity index (χ3v) is 6.17. The van der Waals surface area contributed by atoms with Gasteiger partial charge in [-0.2, -0.15) is 0 Å². The monoisotopic (exact) mass is 441 g/mol. The van der Waals surface area contributed by atoms with Gasteiger partial charge in [0, 0.05) is 35.7 Å². The Bertz CT molecular complexity index is 1170. The smallest absolute Gasteiger partial charge is 0.229 e. The van der Waals surface area contributed by atoms with Gasteiger partial charge in [0.2, 0.25) is 11.8 Å². The van der Waals surface area contributed by atoms with Crippen LogP contribution in [0.2, 0.25) is 0 Å². The van der Waals surface area contributed by atoms with Crippen molar-refractivity contribution in [3.05, 3.63) is 83.4 Å². The second-order valence-electron chi connectivity index (χ2n) is 9.13. The number of nitrogens with one attached hydrogen (secondary N) is 2. The molecule has 2 amide bonds. The fourth-order valence-corrected chi connectivity index (χ4v) is 4.28. The SMILES string of the molecule is Cc1ccc(C)c(N2CC(C(=O)Nc3ccc(Nc4ccccc4C(C)C)cc3)CC2=O)c1. The van der Waals surface area contributed by atoms with Crippen LogP contribution >= 0.6 is 0 Å². The molecule has 3 aromatic rings. The minimum absolute atomic E-state index is 0.00721. The van der Waals surface area contributed by atoms with Crippen LogP contribution in [0.4, 0.5) is 22.7 Å². The summed E-state index contributed by atoms with van der Waals surface area (Å²) in [7, 11) is 0. The first-order valence-corrected chi connectivity index (χ1v) is 11.5. The topological polar surface area (TPSA) is 61.4 Å². The molecule has 0 saturated carbocycles. The van der Waals surface area contributed by atoms with Crippen LogP contribution in [0.15, 0.2) is 66.7 Å². The van der Waals surface area contributed by atoms with Crippen LogP contribution in [0.25, 0.3) is 0 Å². The van der Waals surface area contributed by atoms with E-state index in [0.29, 0.717) is 12.5 Å². The number of anilines is 4. The van der Waals surface area contributed by atoms with Gasteiger partial charge in [0.05, 0.1) is 5.92 Å². The van der Waals surface area contributed by atoms with Gasteiger partial charge in [0.1, 0.15) is 0 Å². The number of carbonyl (C=O) groups is 2. The molecule has 0 radical (unpaired) electrons. The van der Waals surface area contributed by atoms with Gasteiger partial charge in [0.25, 0.3) is 0 Å². The third-order valence-electron chi connectivity index (χ3n) is 6.17. The fourth-order valence-electron chi connectivity index (χ4n) is 4.28. The highest BCUT2D eigenvalue weighted by Gasteiger charge is 2.35. The Morgan fingerprint density at radius 2 is 1.67 bits per heavy atom. The Balaban J connectivity index is 1.40. The molecule has 0 bridgehead atoms. The zero-order chi connectivity index (χ0) is 23.5. The Kier molecular flexibility index (Phi) is 6.50. The van der Waals surface area contributed by atoms with E-state index in [1.165, 1.54) is 5.56 Å². The summed E-state index contributed by atoms with van der Waals surface area (Å²) in [6.07, 6.45) is 0.227. The van der Waals surface area contributed by atoms with Crippen LogP contribution < -0.4 is 15.5 Å². The van der Waals surface area contributed by atoms with Crippen molar-refractivity contribution < 1.29 is 9.59 Å². The van der Waals surface area contributed by atoms with Crippen LogP contribution in [0.1, 0.15) is 42.9 Å². The number of amides is 2. The number of carbonyl (C=O) groups excluding carboxylic acids is 2. The molecule has 1 atom stereocenters. The van der Waals surface area contributed by atoms with Crippen molar-refractivity contribution in [3.63, 3.8) is 0 Å². The molecule has 5 heteroatoms. The number of hydrogen-bond donors (Lipinski definition) is 2. The summed E-state index contributed by atoms with van der Waals surface area (Å²) >= 11 is 0. The zero-order valence-corrected chi connectivity index (χ0v) is 19.7. The Morgan fingerprint density at radius 1 is 0.970 bits per heavy atom. The van der Waals surface area contributed by atoms with E-state index >= 15 is 0 Å². The highest BCUT2D eigenvalue weighted by atomic mass is 16.2. The average Bonchev–Trinajstić information content (AvgIpc) is 3.18. The van der Waals surface area contributed by atoms with Crippen LogP contribution in [0.3, 0.4) is 0 Å². The van der Waals surface area contributed by atoms with E-state index in [2.05, 4.69) is 36.6 Å². The molecule has 0 aromatic heterocycles. The molecule has 33 heavy (non-hydrogen) atoms. The molecule has 170 valence electrons. The summed E-state index contributed by atoms with van der Waals surface area (Å²) in [4.78, 5) is 27.3. The minimum Gasteiger partial charge on any atom is -0.355 e. The van der Waals surface area contributed by atoms with Gasteiger partial charge in [-0.05, 0) is 72.9 Å². The van der Waals surface area contributed by atoms with Crippen LogP contribution in [0.5, 0.6) is 0 Å². The first-order valence-electron chi connectivity index (χ1n) is 11.5. The second kappa shape index (κ2) is 9.49. The molecule has 1 aliphatic rings. The molecule has 1 unspecified atom stereocenters. The highest BCUT2D eigenvalue weighted by Crippen LogP contribution is 2.30. The largest absolute Gasteiger partial charge is 0.355 e. The van der Waals surface area contributed by atoms with E-state index in [4.69, 9.17) is 0 Å². The van der Waals surface area contributed by atoms with Gasteiger partial charge < -0.3 is 15.5 Å². The lowest BCUT2D eigenvalue weighted by molar-refractivity contribution is -0.122. The molecule has 0 spiro atoms. The Hall–Kier alpha value is -3.60. The van der Waals surface area contributed by atoms with Crippen molar-refractivity contribution in [2.45, 2.75) is 40.0 Å². The summed E-state index contributed by atoms with van der Waals surface area (Å²) < 4.78 is 0. The first-order chi connectivity index (χ1) is 15.8. The molecule has 1 heterocycles. The summed E-state index contributed by atoms with van der Waals surface area (Å²) in [5.41, 5.74) is 7.05. The average molecular weight is 442 g/mol. The van der Waals surface area contributed by atoms with E-state index in [-0.39, 0.29) is 24.2 Å². The third kappa shape index (κ3) is 5.08. The molecular weight excluding hydrogens is 410 g/mol. The zero-order valence-electron chi connectivity index (χ0n) is 19.7. The van der Waals surface area contributed by atoms with E-state index in [9.17, 15) is 9.59 Å². The molecular formula is C28H31N3O2. The Labute approximate surface area is 195 Å². The van der Waals surface area contributed by atoms with Gasteiger partial charge in [-0.15, -0.1) is 0 Å². The number of benzene rings is 3. The first kappa shape index (κ1) is 22.6. The Morgan fingerprint density at radius 3 is 2.39 bits per heavy atom. The standard InChI is InChI=1S/C28H31N3O2/c1-18(2)24-7-5-6-8-25(24)29-22-11-13-23(14-12-22)30-28(33)21-16-27(32)31(17-21)26-15-19(3)9-10-20(26)4/h5-15,18,21,29H,16-17H2,1-4H3,(H,30,33). The number of aryl methyl sites for hydroxylation is 2. The minimum atomic E-state index is -0.367. The van der Waals surface area contributed by atoms with Crippen molar-refractivity contribution in [3.8, 4) is 0 Å². The normalized spacial score (nSPS) is 15.7. The lowest BCUT2D eigenvalue weighted by Gasteiger charge is -2.19. The fraction of sp³-hybridized carbons (Fsp3) is 0.286. The van der Waals surface area contributed by atoms with Gasteiger partial charge in [-0.3, -0.25) is 9.59 Å². The van der Waals surface area contributed by atoms with Crippen LogP contribution in [-0.2, 0) is 9.59 Å². The van der Waals surface area contributed by atoms with E-state index in [1.54, 1.807) is 4.90 Å². The van der Waals surface area contributed by atoms with E-state index in [0.717, 1.165) is 33.9 Å². The van der Waals surface area contributed by atoms with Crippen molar-refractivity contribution in [2.75, 3.05) is 22.1 Å². The molecule has 1 aliphatic heterocycles. The number of rotatable bonds is 6. The summed E-state index contributed by atoms with van der Waals surface area (Å²) in [5.74, 6) is -0.0769. The molecule has 3 aromatic carbocycles. The highest BCUT2D eigenvalue weighted by molar-refractivity contribution is 6.04. The maximum atomic E-state index is 12.9. The molecule has 4 rings (SSSR count). The quantitative estimate of drug-likeness (QED) is 0.481. The molecule has 5 nitrogen and oxygen atoms in total. The van der Waals surface area contributed by atoms with Gasteiger partial charge in [0.15, 0.2) is 0 Å². The van der Waals surface area contributed by atoms with Crippen LogP contribution in [0, 0.1) is 19.8 Å². The van der Waals surface area contributed by atoms with Gasteiger partial charge >= 0.3 is 0 Å². The van der Waals surface area contributed by atoms with Crippen molar-refractivity contribution >= 4 is 34.6 Å². The molecule has 1 saturated heterocycles.